The summed E-state index contributed by atoms with van der Waals surface area (Å²) in [6.07, 6.45) is 1.77. The molecule has 7 rings (SSSR count). The predicted octanol–water partition coefficient (Wildman–Crippen LogP) is 6.44. The lowest BCUT2D eigenvalue weighted by molar-refractivity contribution is 0.415. The van der Waals surface area contributed by atoms with Crippen LogP contribution in [0.3, 0.4) is 0 Å². The Bertz CT molecular complexity index is 1690. The van der Waals surface area contributed by atoms with E-state index in [9.17, 15) is 0 Å². The maximum Gasteiger partial charge on any atom is 0.179 e. The van der Waals surface area contributed by atoms with E-state index in [1.165, 1.54) is 4.88 Å². The van der Waals surface area contributed by atoms with Gasteiger partial charge in [0.1, 0.15) is 11.8 Å². The van der Waals surface area contributed by atoms with E-state index in [2.05, 4.69) is 38.8 Å². The quantitative estimate of drug-likeness (QED) is 0.297. The number of fused-ring (bicyclic) bond motifs is 4. The molecule has 0 aliphatic carbocycles. The Kier molecular flexibility index (Phi) is 5.29. The number of aromatic nitrogens is 3. The van der Waals surface area contributed by atoms with Gasteiger partial charge in [0.2, 0.25) is 0 Å². The maximum absolute atomic E-state index is 5.34. The van der Waals surface area contributed by atoms with Gasteiger partial charge in [-0.2, -0.15) is 9.78 Å². The van der Waals surface area contributed by atoms with Crippen LogP contribution in [0.2, 0.25) is 0 Å². The van der Waals surface area contributed by atoms with Gasteiger partial charge in [0.05, 0.1) is 24.2 Å². The van der Waals surface area contributed by atoms with Crippen LogP contribution in [0.5, 0.6) is 5.75 Å². The summed E-state index contributed by atoms with van der Waals surface area (Å²) in [5, 5.41) is 10.5. The van der Waals surface area contributed by atoms with Gasteiger partial charge in [-0.25, -0.2) is 15.0 Å². The van der Waals surface area contributed by atoms with Crippen LogP contribution in [-0.2, 0) is 0 Å². The number of amidine groups is 2. The first-order chi connectivity index (χ1) is 18.7. The first kappa shape index (κ1) is 22.4. The van der Waals surface area contributed by atoms with E-state index in [1.807, 2.05) is 72.3 Å². The van der Waals surface area contributed by atoms with Crippen LogP contribution in [0.25, 0.3) is 5.82 Å². The van der Waals surface area contributed by atoms with Crippen molar-refractivity contribution in [3.63, 3.8) is 0 Å². The van der Waals surface area contributed by atoms with Crippen molar-refractivity contribution in [3.8, 4) is 11.6 Å². The number of nitrogens with one attached hydrogen (secondary N) is 1. The lowest BCUT2D eigenvalue weighted by Crippen LogP contribution is -2.46. The molecule has 0 bridgehead atoms. The van der Waals surface area contributed by atoms with E-state index in [0.717, 1.165) is 51.5 Å². The second-order valence-electron chi connectivity index (χ2n) is 8.95. The number of aryl methyl sites for hydroxylation is 1. The van der Waals surface area contributed by atoms with Crippen LogP contribution >= 0.6 is 11.3 Å². The van der Waals surface area contributed by atoms with Crippen molar-refractivity contribution < 1.29 is 4.74 Å². The monoisotopic (exact) mass is 517 g/mol. The summed E-state index contributed by atoms with van der Waals surface area (Å²) in [7, 11) is 1.66. The molecule has 5 heterocycles. The highest BCUT2D eigenvalue weighted by atomic mass is 32.1. The number of aliphatic imine (C=N–C) groups is 2. The number of nitrogens with zero attached hydrogens (tertiary/aromatic N) is 6. The number of benzene rings is 2. The number of para-hydroxylation sites is 2. The lowest BCUT2D eigenvalue weighted by Gasteiger charge is -2.40. The fraction of sp³-hybridized carbons (Fsp3) is 0.103. The number of thiophene rings is 1. The number of pyridine rings is 1. The third-order valence-electron chi connectivity index (χ3n) is 6.67. The van der Waals surface area contributed by atoms with Gasteiger partial charge in [-0.1, -0.05) is 24.3 Å². The Morgan fingerprint density at radius 3 is 2.53 bits per heavy atom. The first-order valence-electron chi connectivity index (χ1n) is 12.2. The molecule has 3 aromatic heterocycles. The standard InChI is InChI=1S/C29H23N7OS/c1-18-25-26(23-10-7-17-38-23)35-22-9-4-3-8-21(22)32-27(31-19-12-14-20(37-2)15-13-19)29(35)33-28(25)36(34-18)24-11-5-6-16-30-24/h3-17,26H,1-2H3,(H,31,32). The average molecular weight is 518 g/mol. The van der Waals surface area contributed by atoms with E-state index >= 15 is 0 Å². The number of anilines is 2. The van der Waals surface area contributed by atoms with Gasteiger partial charge in [-0.05, 0) is 66.9 Å². The summed E-state index contributed by atoms with van der Waals surface area (Å²) in [6.45, 7) is 2.04. The van der Waals surface area contributed by atoms with Crippen molar-refractivity contribution in [1.29, 1.82) is 0 Å². The third kappa shape index (κ3) is 3.59. The molecule has 1 atom stereocenters. The second-order valence-corrected chi connectivity index (χ2v) is 9.93. The summed E-state index contributed by atoms with van der Waals surface area (Å²) < 4.78 is 7.17. The topological polar surface area (TPSA) is 79.9 Å². The number of hydrogen-bond acceptors (Lipinski definition) is 8. The van der Waals surface area contributed by atoms with Crippen molar-refractivity contribution >= 4 is 45.9 Å². The second kappa shape index (κ2) is 8.97. The number of rotatable bonds is 4. The van der Waals surface area contributed by atoms with Gasteiger partial charge < -0.3 is 15.0 Å². The normalized spacial score (nSPS) is 15.6. The minimum absolute atomic E-state index is 0.126. The van der Waals surface area contributed by atoms with E-state index < -0.39 is 0 Å². The third-order valence-corrected chi connectivity index (χ3v) is 7.59. The van der Waals surface area contributed by atoms with E-state index in [1.54, 1.807) is 24.6 Å². The molecule has 0 saturated heterocycles. The largest absolute Gasteiger partial charge is 0.497 e. The predicted molar refractivity (Wildman–Crippen MR) is 152 cm³/mol. The zero-order chi connectivity index (χ0) is 25.6. The van der Waals surface area contributed by atoms with Crippen molar-refractivity contribution in [1.82, 2.24) is 14.8 Å². The fourth-order valence-corrected chi connectivity index (χ4v) is 5.79. The molecule has 2 aromatic carbocycles. The molecular formula is C29H23N7OS. The summed E-state index contributed by atoms with van der Waals surface area (Å²) in [5.41, 5.74) is 4.74. The zero-order valence-electron chi connectivity index (χ0n) is 20.7. The molecule has 0 radical (unpaired) electrons. The van der Waals surface area contributed by atoms with Crippen LogP contribution in [0.15, 0.2) is 100 Å². The highest BCUT2D eigenvalue weighted by Crippen LogP contribution is 2.48. The van der Waals surface area contributed by atoms with Crippen molar-refractivity contribution in [2.24, 2.45) is 9.98 Å². The molecule has 5 aromatic rings. The van der Waals surface area contributed by atoms with Gasteiger partial charge in [-0.15, -0.1) is 11.3 Å². The Morgan fingerprint density at radius 1 is 0.921 bits per heavy atom. The van der Waals surface area contributed by atoms with E-state index in [0.29, 0.717) is 5.84 Å². The van der Waals surface area contributed by atoms with Gasteiger partial charge in [0.15, 0.2) is 23.3 Å². The van der Waals surface area contributed by atoms with Crippen LogP contribution < -0.4 is 15.0 Å². The average Bonchev–Trinajstić information content (AvgIpc) is 3.61. The van der Waals surface area contributed by atoms with Crippen molar-refractivity contribution in [2.75, 3.05) is 17.3 Å². The Morgan fingerprint density at radius 2 is 1.76 bits per heavy atom. The summed E-state index contributed by atoms with van der Waals surface area (Å²) in [4.78, 5) is 18.3. The summed E-state index contributed by atoms with van der Waals surface area (Å²) >= 11 is 1.72. The maximum atomic E-state index is 5.34. The van der Waals surface area contributed by atoms with Gasteiger partial charge in [-0.3, -0.25) is 0 Å². The van der Waals surface area contributed by atoms with Crippen LogP contribution in [-0.4, -0.2) is 33.5 Å². The molecular weight excluding hydrogens is 494 g/mol. The Hall–Kier alpha value is -4.76. The minimum Gasteiger partial charge on any atom is -0.497 e. The summed E-state index contributed by atoms with van der Waals surface area (Å²) in [6, 6.07) is 25.9. The Labute approximate surface area is 223 Å². The molecule has 8 nitrogen and oxygen atoms in total. The van der Waals surface area contributed by atoms with Gasteiger partial charge in [0.25, 0.3) is 0 Å². The molecule has 2 aliphatic heterocycles. The van der Waals surface area contributed by atoms with Crippen LogP contribution in [0.1, 0.15) is 22.2 Å². The fourth-order valence-electron chi connectivity index (χ4n) is 4.96. The molecule has 0 amide bonds. The Balaban J connectivity index is 1.46. The first-order valence-corrected chi connectivity index (χ1v) is 13.1. The van der Waals surface area contributed by atoms with Gasteiger partial charge >= 0.3 is 0 Å². The summed E-state index contributed by atoms with van der Waals surface area (Å²) in [5.74, 6) is 3.65. The van der Waals surface area contributed by atoms with Crippen molar-refractivity contribution in [3.05, 3.63) is 107 Å². The van der Waals surface area contributed by atoms with E-state index in [4.69, 9.17) is 19.8 Å². The lowest BCUT2D eigenvalue weighted by atomic mass is 9.98. The van der Waals surface area contributed by atoms with Crippen LogP contribution in [0.4, 0.5) is 22.9 Å². The minimum atomic E-state index is -0.126. The number of ether oxygens (including phenoxy) is 1. The number of hydrogen-bond donors (Lipinski definition) is 1. The SMILES string of the molecule is COc1ccc(NC2=Nc3ccccc3N3C2=Nc2c(c(C)nn2-c2ccccn2)C3c2cccs2)cc1. The smallest absolute Gasteiger partial charge is 0.179 e. The molecule has 38 heavy (non-hydrogen) atoms. The highest BCUT2D eigenvalue weighted by molar-refractivity contribution is 7.10. The molecule has 2 aliphatic rings. The zero-order valence-corrected chi connectivity index (χ0v) is 21.6. The molecule has 1 unspecified atom stereocenters. The van der Waals surface area contributed by atoms with Gasteiger partial charge in [0, 0.05) is 22.3 Å². The molecule has 9 heteroatoms. The van der Waals surface area contributed by atoms with Crippen LogP contribution in [0, 0.1) is 6.92 Å². The highest BCUT2D eigenvalue weighted by Gasteiger charge is 2.41. The molecule has 0 fully saturated rings. The molecule has 186 valence electrons. The molecule has 0 saturated carbocycles. The molecule has 1 N–H and O–H groups in total. The number of methoxy groups -OCH3 is 1. The van der Waals surface area contributed by atoms with Crippen molar-refractivity contribution in [2.45, 2.75) is 13.0 Å². The molecule has 0 spiro atoms. The van der Waals surface area contributed by atoms with E-state index in [-0.39, 0.29) is 6.04 Å².